The van der Waals surface area contributed by atoms with Gasteiger partial charge < -0.3 is 10.2 Å². The van der Waals surface area contributed by atoms with E-state index >= 15 is 0 Å². The minimum Gasteiger partial charge on any atom is -0.329 e. The summed E-state index contributed by atoms with van der Waals surface area (Å²) in [5, 5.41) is 5.60. The third-order valence-electron chi connectivity index (χ3n) is 5.28. The van der Waals surface area contributed by atoms with Crippen molar-refractivity contribution in [1.82, 2.24) is 9.88 Å². The van der Waals surface area contributed by atoms with E-state index in [9.17, 15) is 9.59 Å². The fourth-order valence-corrected chi connectivity index (χ4v) is 4.14. The summed E-state index contributed by atoms with van der Waals surface area (Å²) in [7, 11) is 0. The first-order valence-electron chi connectivity index (χ1n) is 9.10. The molecular weight excluding hydrogens is 328 g/mol. The van der Waals surface area contributed by atoms with Crippen LogP contribution in [-0.2, 0) is 0 Å². The van der Waals surface area contributed by atoms with Gasteiger partial charge in [0.1, 0.15) is 5.82 Å². The summed E-state index contributed by atoms with van der Waals surface area (Å²) in [5.41, 5.74) is 2.28. The Morgan fingerprint density at radius 2 is 1.92 bits per heavy atom. The summed E-state index contributed by atoms with van der Waals surface area (Å²) in [4.78, 5) is 31.3. The molecule has 6 heteroatoms. The summed E-state index contributed by atoms with van der Waals surface area (Å²) in [6, 6.07) is 10.7. The maximum absolute atomic E-state index is 12.9. The van der Waals surface area contributed by atoms with Crippen molar-refractivity contribution < 1.29 is 9.59 Å². The normalized spacial score (nSPS) is 19.5. The number of amides is 3. The van der Waals surface area contributed by atoms with E-state index in [1.54, 1.807) is 18.3 Å². The third-order valence-corrected chi connectivity index (χ3v) is 5.28. The minimum atomic E-state index is -0.365. The predicted molar refractivity (Wildman–Crippen MR) is 100 cm³/mol. The molecule has 3 amide bonds. The number of benzene rings is 1. The lowest BCUT2D eigenvalue weighted by Crippen LogP contribution is -2.35. The highest BCUT2D eigenvalue weighted by atomic mass is 16.2. The smallest absolute Gasteiger partial charge is 0.324 e. The third kappa shape index (κ3) is 2.92. The number of aromatic nitrogens is 1. The molecule has 26 heavy (non-hydrogen) atoms. The Kier molecular flexibility index (Phi) is 4.32. The molecule has 4 rings (SSSR count). The lowest BCUT2D eigenvalue weighted by Gasteiger charge is -2.29. The largest absolute Gasteiger partial charge is 0.329 e. The van der Waals surface area contributed by atoms with Crippen LogP contribution in [0.15, 0.2) is 42.6 Å². The van der Waals surface area contributed by atoms with E-state index in [1.165, 1.54) is 12.8 Å². The molecule has 0 radical (unpaired) electrons. The highest BCUT2D eigenvalue weighted by Crippen LogP contribution is 2.42. The Morgan fingerprint density at radius 3 is 2.65 bits per heavy atom. The number of nitrogens with one attached hydrogen (secondary N) is 2. The van der Waals surface area contributed by atoms with Crippen LogP contribution >= 0.6 is 0 Å². The molecule has 1 aromatic carbocycles. The first-order chi connectivity index (χ1) is 12.6. The van der Waals surface area contributed by atoms with Gasteiger partial charge in [-0.1, -0.05) is 25.0 Å². The van der Waals surface area contributed by atoms with Crippen molar-refractivity contribution in [2.75, 3.05) is 10.6 Å². The second-order valence-corrected chi connectivity index (χ2v) is 6.89. The van der Waals surface area contributed by atoms with Crippen molar-refractivity contribution in [2.24, 2.45) is 0 Å². The molecule has 2 aromatic rings. The van der Waals surface area contributed by atoms with Crippen LogP contribution < -0.4 is 10.6 Å². The van der Waals surface area contributed by atoms with E-state index in [-0.39, 0.29) is 18.0 Å². The molecule has 0 saturated heterocycles. The Hall–Kier alpha value is -2.89. The lowest BCUT2D eigenvalue weighted by atomic mass is 10.0. The first kappa shape index (κ1) is 16.6. The first-order valence-corrected chi connectivity index (χ1v) is 9.10. The second kappa shape index (κ2) is 6.78. The zero-order chi connectivity index (χ0) is 18.1. The van der Waals surface area contributed by atoms with Crippen LogP contribution in [0.5, 0.6) is 0 Å². The zero-order valence-electron chi connectivity index (χ0n) is 14.7. The van der Waals surface area contributed by atoms with Crippen LogP contribution in [0.1, 0.15) is 54.6 Å². The van der Waals surface area contributed by atoms with Gasteiger partial charge in [-0.25, -0.2) is 9.78 Å². The molecule has 1 aliphatic carbocycles. The van der Waals surface area contributed by atoms with Crippen LogP contribution in [0.4, 0.5) is 16.3 Å². The predicted octanol–water partition coefficient (Wildman–Crippen LogP) is 4.19. The van der Waals surface area contributed by atoms with Crippen LogP contribution in [0, 0.1) is 0 Å². The van der Waals surface area contributed by atoms with Gasteiger partial charge in [0.05, 0.1) is 6.04 Å². The second-order valence-electron chi connectivity index (χ2n) is 6.89. The molecule has 134 valence electrons. The van der Waals surface area contributed by atoms with Gasteiger partial charge in [-0.3, -0.25) is 10.1 Å². The Balaban J connectivity index is 1.57. The quantitative estimate of drug-likeness (QED) is 0.872. The number of hydrogen-bond donors (Lipinski definition) is 2. The maximum atomic E-state index is 12.9. The molecule has 6 nitrogen and oxygen atoms in total. The molecule has 2 N–H and O–H groups in total. The van der Waals surface area contributed by atoms with E-state index in [4.69, 9.17) is 0 Å². The van der Waals surface area contributed by atoms with Crippen molar-refractivity contribution in [2.45, 2.75) is 44.7 Å². The molecule has 2 heterocycles. The molecular formula is C20H22N4O2. The maximum Gasteiger partial charge on any atom is 0.324 e. The van der Waals surface area contributed by atoms with Crippen molar-refractivity contribution >= 4 is 23.4 Å². The number of anilines is 2. The molecule has 1 unspecified atom stereocenters. The fourth-order valence-electron chi connectivity index (χ4n) is 4.14. The van der Waals surface area contributed by atoms with Gasteiger partial charge in [0.2, 0.25) is 0 Å². The number of fused-ring (bicyclic) bond motifs is 1. The van der Waals surface area contributed by atoms with E-state index in [2.05, 4.69) is 15.6 Å². The number of urea groups is 1. The zero-order valence-corrected chi connectivity index (χ0v) is 14.7. The average Bonchev–Trinajstić information content (AvgIpc) is 3.24. The van der Waals surface area contributed by atoms with E-state index in [0.29, 0.717) is 23.1 Å². The van der Waals surface area contributed by atoms with Crippen LogP contribution in [0.2, 0.25) is 0 Å². The lowest BCUT2D eigenvalue weighted by molar-refractivity contribution is 0.0649. The topological polar surface area (TPSA) is 74.3 Å². The van der Waals surface area contributed by atoms with E-state index < -0.39 is 0 Å². The fraction of sp³-hybridized carbons (Fsp3) is 0.350. The highest BCUT2D eigenvalue weighted by molar-refractivity contribution is 6.05. The summed E-state index contributed by atoms with van der Waals surface area (Å²) < 4.78 is 0. The van der Waals surface area contributed by atoms with E-state index in [0.717, 1.165) is 18.4 Å². The van der Waals surface area contributed by atoms with Crippen LogP contribution in [0.3, 0.4) is 0 Å². The Morgan fingerprint density at radius 1 is 1.12 bits per heavy atom. The Labute approximate surface area is 152 Å². The standard InChI is InChI=1S/C20H22N4O2/c1-13-18-15(19(25)24(13)14-7-2-3-8-14)9-6-10-16(18)22-20(26)23-17-11-4-5-12-21-17/h4-6,9-14H,2-3,7-8H2,1H3,(H2,21,22,23,26). The van der Waals surface area contributed by atoms with Gasteiger partial charge in [0.15, 0.2) is 0 Å². The van der Waals surface area contributed by atoms with Crippen LogP contribution in [0.25, 0.3) is 0 Å². The molecule has 0 bridgehead atoms. The van der Waals surface area contributed by atoms with E-state index in [1.807, 2.05) is 36.1 Å². The average molecular weight is 350 g/mol. The number of carbonyl (C=O) groups excluding carboxylic acids is 2. The monoisotopic (exact) mass is 350 g/mol. The van der Waals surface area contributed by atoms with Gasteiger partial charge in [-0.2, -0.15) is 0 Å². The Bertz CT molecular complexity index is 831. The number of hydrogen-bond acceptors (Lipinski definition) is 3. The molecule has 0 spiro atoms. The number of pyridine rings is 1. The highest BCUT2D eigenvalue weighted by Gasteiger charge is 2.40. The van der Waals surface area contributed by atoms with Crippen molar-refractivity contribution in [3.63, 3.8) is 0 Å². The van der Waals surface area contributed by atoms with Crippen molar-refractivity contribution in [1.29, 1.82) is 0 Å². The minimum absolute atomic E-state index is 0.0352. The number of rotatable bonds is 3. The van der Waals surface area contributed by atoms with Gasteiger partial charge >= 0.3 is 6.03 Å². The summed E-state index contributed by atoms with van der Waals surface area (Å²) >= 11 is 0. The van der Waals surface area contributed by atoms with Crippen LogP contribution in [-0.4, -0.2) is 27.9 Å². The molecule has 1 saturated carbocycles. The molecule has 1 aromatic heterocycles. The van der Waals surface area contributed by atoms with Gasteiger partial charge in [-0.15, -0.1) is 0 Å². The van der Waals surface area contributed by atoms with Crippen molar-refractivity contribution in [3.05, 3.63) is 53.7 Å². The molecule has 2 aliphatic rings. The van der Waals surface area contributed by atoms with Gasteiger partial charge in [0.25, 0.3) is 5.91 Å². The number of carbonyl (C=O) groups is 2. The summed E-state index contributed by atoms with van der Waals surface area (Å²) in [6.07, 6.45) is 6.10. The summed E-state index contributed by atoms with van der Waals surface area (Å²) in [5.74, 6) is 0.558. The SMILES string of the molecule is CC1c2c(NC(=O)Nc3ccccn3)cccc2C(=O)N1C1CCCC1. The van der Waals surface area contributed by atoms with Crippen molar-refractivity contribution in [3.8, 4) is 0 Å². The molecule has 1 atom stereocenters. The van der Waals surface area contributed by atoms with Gasteiger partial charge in [0, 0.05) is 29.1 Å². The molecule has 1 fully saturated rings. The summed E-state index contributed by atoms with van der Waals surface area (Å²) in [6.45, 7) is 2.05. The van der Waals surface area contributed by atoms with Gasteiger partial charge in [-0.05, 0) is 44.0 Å². The number of nitrogens with zero attached hydrogens (tertiary/aromatic N) is 2. The molecule has 1 aliphatic heterocycles.